The molecule has 0 aromatic heterocycles. The van der Waals surface area contributed by atoms with Gasteiger partial charge in [-0.3, -0.25) is 4.79 Å². The Morgan fingerprint density at radius 3 is 2.89 bits per heavy atom. The molecule has 0 atom stereocenters. The van der Waals surface area contributed by atoms with Crippen molar-refractivity contribution in [2.24, 2.45) is 0 Å². The highest BCUT2D eigenvalue weighted by Gasteiger charge is 2.03. The fourth-order valence-electron chi connectivity index (χ4n) is 1.46. The lowest BCUT2D eigenvalue weighted by Crippen LogP contribution is -2.28. The molecule has 1 amide bonds. The molecule has 0 aliphatic rings. The van der Waals surface area contributed by atoms with Crippen LogP contribution in [0.15, 0.2) is 22.7 Å². The molecule has 100 valence electrons. The summed E-state index contributed by atoms with van der Waals surface area (Å²) in [5, 5.41) is 5.85. The molecule has 3 nitrogen and oxygen atoms in total. The van der Waals surface area contributed by atoms with Gasteiger partial charge in [-0.1, -0.05) is 22.9 Å². The predicted molar refractivity (Wildman–Crippen MR) is 73.7 cm³/mol. The third-order valence-corrected chi connectivity index (χ3v) is 2.92. The fraction of sp³-hybridized carbons (Fsp3) is 0.462. The van der Waals surface area contributed by atoms with Crippen molar-refractivity contribution < 1.29 is 9.18 Å². The molecule has 0 saturated carbocycles. The maximum absolute atomic E-state index is 13.4. The van der Waals surface area contributed by atoms with Crippen LogP contribution in [0.1, 0.15) is 25.3 Å². The van der Waals surface area contributed by atoms with E-state index in [0.717, 1.165) is 10.9 Å². The van der Waals surface area contributed by atoms with Gasteiger partial charge in [-0.15, -0.1) is 0 Å². The molecule has 1 aromatic carbocycles. The number of hydrogen-bond donors (Lipinski definition) is 2. The maximum atomic E-state index is 13.4. The van der Waals surface area contributed by atoms with Gasteiger partial charge in [0.2, 0.25) is 5.91 Å². The third kappa shape index (κ3) is 5.60. The molecule has 18 heavy (non-hydrogen) atoms. The van der Waals surface area contributed by atoms with Crippen LogP contribution >= 0.6 is 15.9 Å². The summed E-state index contributed by atoms with van der Waals surface area (Å²) < 4.78 is 14.2. The van der Waals surface area contributed by atoms with E-state index in [-0.39, 0.29) is 11.7 Å². The van der Waals surface area contributed by atoms with Gasteiger partial charge in [0.15, 0.2) is 0 Å². The summed E-state index contributed by atoms with van der Waals surface area (Å²) in [5.41, 5.74) is 0.596. The second kappa shape index (κ2) is 8.21. The molecule has 1 rings (SSSR count). The second-order valence-corrected chi connectivity index (χ2v) is 4.93. The first-order valence-corrected chi connectivity index (χ1v) is 6.84. The van der Waals surface area contributed by atoms with Crippen molar-refractivity contribution in [2.45, 2.75) is 26.3 Å². The van der Waals surface area contributed by atoms with Crippen molar-refractivity contribution in [2.75, 3.05) is 13.1 Å². The van der Waals surface area contributed by atoms with Crippen LogP contribution in [0.25, 0.3) is 0 Å². The SMILES string of the molecule is CCCNC(=O)CCNCc1cc(Br)ccc1F. The van der Waals surface area contributed by atoms with E-state index in [0.29, 0.717) is 31.6 Å². The normalized spacial score (nSPS) is 10.4. The first-order chi connectivity index (χ1) is 8.63. The van der Waals surface area contributed by atoms with E-state index in [1.807, 2.05) is 6.92 Å². The molecule has 1 aromatic rings. The monoisotopic (exact) mass is 316 g/mol. The van der Waals surface area contributed by atoms with Crippen LogP contribution in [-0.2, 0) is 11.3 Å². The highest BCUT2D eigenvalue weighted by Crippen LogP contribution is 2.15. The first kappa shape index (κ1) is 15.1. The number of hydrogen-bond acceptors (Lipinski definition) is 2. The van der Waals surface area contributed by atoms with E-state index >= 15 is 0 Å². The lowest BCUT2D eigenvalue weighted by atomic mass is 10.2. The zero-order valence-corrected chi connectivity index (χ0v) is 12.0. The standard InChI is InChI=1S/C13H18BrFN2O/c1-2-6-17-13(18)5-7-16-9-10-8-11(14)3-4-12(10)15/h3-4,8,16H,2,5-7,9H2,1H3,(H,17,18). The van der Waals surface area contributed by atoms with Gasteiger partial charge in [0.1, 0.15) is 5.82 Å². The van der Waals surface area contributed by atoms with Gasteiger partial charge >= 0.3 is 0 Å². The molecule has 0 radical (unpaired) electrons. The third-order valence-electron chi connectivity index (χ3n) is 2.42. The summed E-state index contributed by atoms with van der Waals surface area (Å²) in [6.45, 7) is 3.68. The molecule has 0 fully saturated rings. The van der Waals surface area contributed by atoms with Crippen LogP contribution in [0.4, 0.5) is 4.39 Å². The largest absolute Gasteiger partial charge is 0.356 e. The molecule has 0 saturated heterocycles. The van der Waals surface area contributed by atoms with Crippen LogP contribution < -0.4 is 10.6 Å². The summed E-state index contributed by atoms with van der Waals surface area (Å²) >= 11 is 3.30. The zero-order valence-electron chi connectivity index (χ0n) is 10.4. The van der Waals surface area contributed by atoms with Crippen molar-refractivity contribution in [3.05, 3.63) is 34.1 Å². The summed E-state index contributed by atoms with van der Waals surface area (Å²) in [4.78, 5) is 11.3. The number of halogens is 2. The molecule has 0 unspecified atom stereocenters. The number of benzene rings is 1. The first-order valence-electron chi connectivity index (χ1n) is 6.04. The van der Waals surface area contributed by atoms with E-state index in [9.17, 15) is 9.18 Å². The number of carbonyl (C=O) groups is 1. The summed E-state index contributed by atoms with van der Waals surface area (Å²) in [6.07, 6.45) is 1.35. The topological polar surface area (TPSA) is 41.1 Å². The number of carbonyl (C=O) groups excluding carboxylic acids is 1. The van der Waals surface area contributed by atoms with Crippen LogP contribution in [0.2, 0.25) is 0 Å². The Balaban J connectivity index is 2.25. The Bertz CT molecular complexity index is 399. The smallest absolute Gasteiger partial charge is 0.221 e. The van der Waals surface area contributed by atoms with Gasteiger partial charge in [0, 0.05) is 36.1 Å². The van der Waals surface area contributed by atoms with Gasteiger partial charge in [0.25, 0.3) is 0 Å². The number of nitrogens with one attached hydrogen (secondary N) is 2. The summed E-state index contributed by atoms with van der Waals surface area (Å²) in [6, 6.07) is 4.82. The highest BCUT2D eigenvalue weighted by atomic mass is 79.9. The number of rotatable bonds is 7. The molecular formula is C13H18BrFN2O. The Kier molecular flexibility index (Phi) is 6.90. The Morgan fingerprint density at radius 2 is 2.17 bits per heavy atom. The number of amides is 1. The average molecular weight is 317 g/mol. The molecule has 0 aliphatic carbocycles. The lowest BCUT2D eigenvalue weighted by Gasteiger charge is -2.07. The Hall–Kier alpha value is -0.940. The minimum atomic E-state index is -0.235. The molecule has 0 aliphatic heterocycles. The average Bonchev–Trinajstić information content (AvgIpc) is 2.36. The Labute approximate surface area is 115 Å². The van der Waals surface area contributed by atoms with Gasteiger partial charge in [-0.05, 0) is 24.6 Å². The molecule has 0 bridgehead atoms. The minimum absolute atomic E-state index is 0.0269. The van der Waals surface area contributed by atoms with E-state index in [2.05, 4.69) is 26.6 Å². The molecule has 0 heterocycles. The Morgan fingerprint density at radius 1 is 1.39 bits per heavy atom. The zero-order chi connectivity index (χ0) is 13.4. The van der Waals surface area contributed by atoms with Gasteiger partial charge in [-0.25, -0.2) is 4.39 Å². The second-order valence-electron chi connectivity index (χ2n) is 4.01. The van der Waals surface area contributed by atoms with Crippen molar-refractivity contribution in [1.29, 1.82) is 0 Å². The van der Waals surface area contributed by atoms with Gasteiger partial charge in [0.05, 0.1) is 0 Å². The van der Waals surface area contributed by atoms with Crippen molar-refractivity contribution >= 4 is 21.8 Å². The molecule has 2 N–H and O–H groups in total. The highest BCUT2D eigenvalue weighted by molar-refractivity contribution is 9.10. The molecule has 5 heteroatoms. The maximum Gasteiger partial charge on any atom is 0.221 e. The molecule has 0 spiro atoms. The van der Waals surface area contributed by atoms with Crippen LogP contribution in [0.3, 0.4) is 0 Å². The van der Waals surface area contributed by atoms with E-state index in [4.69, 9.17) is 0 Å². The predicted octanol–water partition coefficient (Wildman–Crippen LogP) is 2.59. The van der Waals surface area contributed by atoms with Crippen molar-refractivity contribution in [1.82, 2.24) is 10.6 Å². The van der Waals surface area contributed by atoms with Crippen LogP contribution in [-0.4, -0.2) is 19.0 Å². The summed E-state index contributed by atoms with van der Waals surface area (Å²) in [7, 11) is 0. The lowest BCUT2D eigenvalue weighted by molar-refractivity contribution is -0.120. The minimum Gasteiger partial charge on any atom is -0.356 e. The van der Waals surface area contributed by atoms with Crippen LogP contribution in [0, 0.1) is 5.82 Å². The van der Waals surface area contributed by atoms with Crippen LogP contribution in [0.5, 0.6) is 0 Å². The van der Waals surface area contributed by atoms with Gasteiger partial charge in [-0.2, -0.15) is 0 Å². The van der Waals surface area contributed by atoms with Crippen molar-refractivity contribution in [3.63, 3.8) is 0 Å². The molecular weight excluding hydrogens is 299 g/mol. The van der Waals surface area contributed by atoms with E-state index in [1.165, 1.54) is 6.07 Å². The quantitative estimate of drug-likeness (QED) is 0.759. The fourth-order valence-corrected chi connectivity index (χ4v) is 1.87. The van der Waals surface area contributed by atoms with Crippen molar-refractivity contribution in [3.8, 4) is 0 Å². The summed E-state index contributed by atoms with van der Waals surface area (Å²) in [5.74, 6) is -0.208. The van der Waals surface area contributed by atoms with E-state index < -0.39 is 0 Å². The van der Waals surface area contributed by atoms with E-state index in [1.54, 1.807) is 12.1 Å². The van der Waals surface area contributed by atoms with Gasteiger partial charge < -0.3 is 10.6 Å².